The van der Waals surface area contributed by atoms with E-state index < -0.39 is 0 Å². The average Bonchev–Trinajstić information content (AvgIpc) is 3.44. The van der Waals surface area contributed by atoms with Gasteiger partial charge in [0.05, 0.1) is 46.1 Å². The van der Waals surface area contributed by atoms with Crippen LogP contribution >= 0.6 is 0 Å². The van der Waals surface area contributed by atoms with Gasteiger partial charge in [0.15, 0.2) is 11.5 Å². The molecule has 0 amide bonds. The molecule has 7 nitrogen and oxygen atoms in total. The zero-order valence-corrected chi connectivity index (χ0v) is 23.6. The second-order valence-corrected chi connectivity index (χ2v) is 10.4. The maximum atomic E-state index is 10.4. The molecule has 206 valence electrons. The number of fused-ring (bicyclic) bond motifs is 3. The van der Waals surface area contributed by atoms with Gasteiger partial charge in [0.25, 0.3) is 0 Å². The Morgan fingerprint density at radius 2 is 1.18 bits per heavy atom. The smallest absolute Gasteiger partial charge is 0.187 e. The summed E-state index contributed by atoms with van der Waals surface area (Å²) in [6.07, 6.45) is 2.92. The van der Waals surface area contributed by atoms with Gasteiger partial charge in [0.2, 0.25) is 0 Å². The topological polar surface area (TPSA) is 106 Å². The maximum Gasteiger partial charge on any atom is 0.187 e. The minimum Gasteiger partial charge on any atom is -0.308 e. The first-order chi connectivity index (χ1) is 22.1. The van der Waals surface area contributed by atoms with Crippen molar-refractivity contribution in [2.75, 3.05) is 0 Å². The van der Waals surface area contributed by atoms with Gasteiger partial charge in [-0.15, -0.1) is 0 Å². The Labute approximate surface area is 258 Å². The van der Waals surface area contributed by atoms with Gasteiger partial charge in [-0.3, -0.25) is 0 Å². The molecule has 0 aliphatic rings. The summed E-state index contributed by atoms with van der Waals surface area (Å²) in [6.45, 7) is 7.46. The zero-order valence-electron chi connectivity index (χ0n) is 23.6. The highest BCUT2D eigenvalue weighted by Gasteiger charge is 2.18. The molecule has 7 aromatic rings. The Morgan fingerprint density at radius 3 is 1.80 bits per heavy atom. The lowest BCUT2D eigenvalue weighted by atomic mass is 10.0. The van der Waals surface area contributed by atoms with Crippen LogP contribution in [0, 0.1) is 40.6 Å². The van der Waals surface area contributed by atoms with Crippen LogP contribution < -0.4 is 0 Å². The molecule has 0 saturated carbocycles. The van der Waals surface area contributed by atoms with Crippen molar-refractivity contribution in [2.24, 2.45) is 0 Å². The second-order valence-electron chi connectivity index (χ2n) is 10.4. The summed E-state index contributed by atoms with van der Waals surface area (Å²) in [5, 5.41) is 31.0. The summed E-state index contributed by atoms with van der Waals surface area (Å²) >= 11 is 0. The van der Waals surface area contributed by atoms with Crippen LogP contribution in [0.2, 0.25) is 0 Å². The first-order valence-corrected chi connectivity index (χ1v) is 13.9. The highest BCUT2D eigenvalue weighted by molar-refractivity contribution is 6.11. The Bertz CT molecular complexity index is 2360. The van der Waals surface area contributed by atoms with Crippen LogP contribution in [0.1, 0.15) is 16.7 Å². The third-order valence-corrected chi connectivity index (χ3v) is 7.80. The highest BCUT2D eigenvalue weighted by Crippen LogP contribution is 2.38. The summed E-state index contributed by atoms with van der Waals surface area (Å²) in [5.41, 5.74) is 8.78. The summed E-state index contributed by atoms with van der Waals surface area (Å²) in [5.74, 6) is 0.418. The Kier molecular flexibility index (Phi) is 6.54. The molecule has 2 heterocycles. The molecule has 0 unspecified atom stereocenters. The monoisotopic (exact) mass is 573 g/mol. The van der Waals surface area contributed by atoms with Crippen molar-refractivity contribution >= 4 is 27.5 Å². The zero-order chi connectivity index (χ0) is 30.9. The largest absolute Gasteiger partial charge is 0.308 e. The molecule has 0 aliphatic carbocycles. The molecule has 5 aromatic carbocycles. The van der Waals surface area contributed by atoms with Gasteiger partial charge >= 0.3 is 0 Å². The van der Waals surface area contributed by atoms with E-state index in [0.717, 1.165) is 44.1 Å². The predicted octanol–water partition coefficient (Wildman–Crippen LogP) is 8.74. The fourth-order valence-corrected chi connectivity index (χ4v) is 5.66. The lowest BCUT2D eigenvalue weighted by molar-refractivity contribution is 1.14. The third-order valence-electron chi connectivity index (χ3n) is 7.80. The van der Waals surface area contributed by atoms with Gasteiger partial charge in [-0.25, -0.2) is 14.8 Å². The van der Waals surface area contributed by atoms with Crippen molar-refractivity contribution in [3.63, 3.8) is 0 Å². The SMILES string of the molecule is [C-]#[N+]c1cccc(-c2ccc3c4ccc(-c5cccc(C#N)c5)cc4n(-c4ccc(-c5ncc(C#N)cn5)cc4C#N)c3c2)c1. The maximum absolute atomic E-state index is 10.4. The fourth-order valence-electron chi connectivity index (χ4n) is 5.66. The minimum atomic E-state index is 0.356. The number of hydrogen-bond donors (Lipinski definition) is 0. The number of aromatic nitrogens is 3. The lowest BCUT2D eigenvalue weighted by Gasteiger charge is -2.13. The summed E-state index contributed by atoms with van der Waals surface area (Å²) in [4.78, 5) is 12.2. The van der Waals surface area contributed by atoms with Crippen LogP contribution in [0.4, 0.5) is 5.69 Å². The van der Waals surface area contributed by atoms with Gasteiger partial charge in [-0.2, -0.15) is 15.8 Å². The Hall–Kier alpha value is -7.06. The first kappa shape index (κ1) is 26.8. The van der Waals surface area contributed by atoms with Gasteiger partial charge in [0.1, 0.15) is 12.1 Å². The second kappa shape index (κ2) is 11.0. The van der Waals surface area contributed by atoms with E-state index in [2.05, 4.69) is 61.9 Å². The molecule has 0 spiro atoms. The first-order valence-electron chi connectivity index (χ1n) is 13.9. The number of benzene rings is 5. The normalized spacial score (nSPS) is 10.6. The molecule has 0 radical (unpaired) electrons. The Morgan fingerprint density at radius 1 is 0.578 bits per heavy atom. The molecule has 0 fully saturated rings. The van der Waals surface area contributed by atoms with E-state index >= 15 is 0 Å². The fraction of sp³-hybridized carbons (Fsp3) is 0. The molecular weight excluding hydrogens is 554 g/mol. The minimum absolute atomic E-state index is 0.356. The van der Waals surface area contributed by atoms with E-state index in [-0.39, 0.29) is 0 Å². The molecule has 2 aromatic heterocycles. The number of nitriles is 3. The van der Waals surface area contributed by atoms with E-state index in [0.29, 0.717) is 39.5 Å². The molecule has 0 saturated heterocycles. The van der Waals surface area contributed by atoms with Crippen LogP contribution in [0.25, 0.3) is 66.0 Å². The molecule has 0 N–H and O–H groups in total. The molecule has 0 atom stereocenters. The molecule has 7 rings (SSSR count). The van der Waals surface area contributed by atoms with E-state index in [1.807, 2.05) is 60.7 Å². The molecule has 0 aliphatic heterocycles. The van der Waals surface area contributed by atoms with Crippen LogP contribution in [-0.4, -0.2) is 14.5 Å². The van der Waals surface area contributed by atoms with Gasteiger partial charge in [0, 0.05) is 28.7 Å². The average molecular weight is 574 g/mol. The van der Waals surface area contributed by atoms with E-state index in [4.69, 9.17) is 11.8 Å². The van der Waals surface area contributed by atoms with Crippen LogP contribution in [0.15, 0.2) is 116 Å². The van der Waals surface area contributed by atoms with Gasteiger partial charge in [-0.1, -0.05) is 54.6 Å². The van der Waals surface area contributed by atoms with Crippen molar-refractivity contribution in [3.05, 3.63) is 144 Å². The van der Waals surface area contributed by atoms with Gasteiger partial charge < -0.3 is 4.57 Å². The van der Waals surface area contributed by atoms with E-state index in [9.17, 15) is 10.5 Å². The molecule has 0 bridgehead atoms. The van der Waals surface area contributed by atoms with Crippen molar-refractivity contribution in [1.29, 1.82) is 15.8 Å². The van der Waals surface area contributed by atoms with Crippen LogP contribution in [-0.2, 0) is 0 Å². The third kappa shape index (κ3) is 4.70. The number of nitrogens with zero attached hydrogens (tertiary/aromatic N) is 7. The Balaban J connectivity index is 1.50. The predicted molar refractivity (Wildman–Crippen MR) is 173 cm³/mol. The summed E-state index contributed by atoms with van der Waals surface area (Å²) in [7, 11) is 0. The quantitative estimate of drug-likeness (QED) is 0.196. The standard InChI is InChI=1S/C38H19N7/c1-42-32-7-3-6-27(16-32)29-9-12-34-33-11-8-28(26-5-2-4-24(14-26)19-39)17-36(33)45(37(34)18-29)35-13-10-30(15-31(35)21-41)38-43-22-25(20-40)23-44-38/h2-18,22-23H. The molecular formula is C38H19N7. The summed E-state index contributed by atoms with van der Waals surface area (Å²) in [6, 6.07) is 39.6. The van der Waals surface area contributed by atoms with Crippen molar-refractivity contribution in [2.45, 2.75) is 0 Å². The van der Waals surface area contributed by atoms with E-state index in [1.54, 1.807) is 18.2 Å². The number of hydrogen-bond acceptors (Lipinski definition) is 5. The van der Waals surface area contributed by atoms with E-state index in [1.165, 1.54) is 12.4 Å². The molecule has 7 heteroatoms. The van der Waals surface area contributed by atoms with Gasteiger partial charge in [-0.05, 0) is 70.8 Å². The van der Waals surface area contributed by atoms with Crippen molar-refractivity contribution in [3.8, 4) is 57.5 Å². The highest BCUT2D eigenvalue weighted by atomic mass is 15.0. The van der Waals surface area contributed by atoms with Crippen molar-refractivity contribution in [1.82, 2.24) is 14.5 Å². The van der Waals surface area contributed by atoms with Crippen molar-refractivity contribution < 1.29 is 0 Å². The summed E-state index contributed by atoms with van der Waals surface area (Å²) < 4.78 is 2.09. The van der Waals surface area contributed by atoms with Crippen LogP contribution in [0.5, 0.6) is 0 Å². The lowest BCUT2D eigenvalue weighted by Crippen LogP contribution is -1.99. The molecule has 45 heavy (non-hydrogen) atoms. The van der Waals surface area contributed by atoms with Crippen LogP contribution in [0.3, 0.4) is 0 Å². The number of rotatable bonds is 4.